The summed E-state index contributed by atoms with van der Waals surface area (Å²) in [5, 5.41) is 11.8. The van der Waals surface area contributed by atoms with Crippen LogP contribution in [-0.4, -0.2) is 31.8 Å². The fourth-order valence-corrected chi connectivity index (χ4v) is 2.50. The second-order valence-electron chi connectivity index (χ2n) is 5.07. The summed E-state index contributed by atoms with van der Waals surface area (Å²) in [7, 11) is 0. The molecule has 2 atom stereocenters. The lowest BCUT2D eigenvalue weighted by atomic mass is 10.00. The molecule has 0 aliphatic carbocycles. The van der Waals surface area contributed by atoms with Crippen LogP contribution in [0.3, 0.4) is 0 Å². The van der Waals surface area contributed by atoms with E-state index >= 15 is 0 Å². The SMILES string of the molecule is CCC1OCCC1CNC(=O)COc1ccccc1C#N. The average Bonchev–Trinajstić information content (AvgIpc) is 2.98. The standard InChI is InChI=1S/C16H20N2O3/c1-2-14-13(7-8-20-14)10-18-16(19)11-21-15-6-4-3-5-12(15)9-17/h3-6,13-14H,2,7-8,10-11H2,1H3,(H,18,19). The Balaban J connectivity index is 1.76. The molecule has 1 aromatic carbocycles. The van der Waals surface area contributed by atoms with E-state index < -0.39 is 0 Å². The highest BCUT2D eigenvalue weighted by molar-refractivity contribution is 5.77. The molecule has 5 heteroatoms. The molecule has 0 aromatic heterocycles. The van der Waals surface area contributed by atoms with Crippen LogP contribution < -0.4 is 10.1 Å². The molecule has 112 valence electrons. The number of carbonyl (C=O) groups excluding carboxylic acids is 1. The van der Waals surface area contributed by atoms with Gasteiger partial charge in [0.15, 0.2) is 6.61 Å². The molecule has 1 aromatic rings. The monoisotopic (exact) mass is 288 g/mol. The van der Waals surface area contributed by atoms with Crippen LogP contribution in [0.4, 0.5) is 0 Å². The minimum Gasteiger partial charge on any atom is -0.482 e. The average molecular weight is 288 g/mol. The fraction of sp³-hybridized carbons (Fsp3) is 0.500. The Bertz CT molecular complexity index is 524. The zero-order valence-corrected chi connectivity index (χ0v) is 12.2. The van der Waals surface area contributed by atoms with Crippen LogP contribution in [0.2, 0.25) is 0 Å². The van der Waals surface area contributed by atoms with Gasteiger partial charge in [-0.25, -0.2) is 0 Å². The van der Waals surface area contributed by atoms with Crippen LogP contribution in [0.25, 0.3) is 0 Å². The van der Waals surface area contributed by atoms with E-state index in [-0.39, 0.29) is 18.6 Å². The van der Waals surface area contributed by atoms with Gasteiger partial charge in [0.1, 0.15) is 11.8 Å². The molecule has 1 fully saturated rings. The molecule has 1 N–H and O–H groups in total. The molecular formula is C16H20N2O3. The minimum atomic E-state index is -0.176. The van der Waals surface area contributed by atoms with Crippen LogP contribution in [0, 0.1) is 17.2 Å². The molecule has 1 saturated heterocycles. The Morgan fingerprint density at radius 2 is 2.33 bits per heavy atom. The van der Waals surface area contributed by atoms with Crippen molar-refractivity contribution >= 4 is 5.91 Å². The van der Waals surface area contributed by atoms with Crippen LogP contribution in [-0.2, 0) is 9.53 Å². The topological polar surface area (TPSA) is 71.3 Å². The Morgan fingerprint density at radius 3 is 3.10 bits per heavy atom. The van der Waals surface area contributed by atoms with Crippen LogP contribution in [0.5, 0.6) is 5.75 Å². The fourth-order valence-electron chi connectivity index (χ4n) is 2.50. The van der Waals surface area contributed by atoms with Crippen LogP contribution in [0.1, 0.15) is 25.3 Å². The Labute approximate surface area is 124 Å². The van der Waals surface area contributed by atoms with E-state index in [0.717, 1.165) is 19.4 Å². The smallest absolute Gasteiger partial charge is 0.257 e. The number of benzene rings is 1. The Kier molecular flexibility index (Phi) is 5.59. The van der Waals surface area contributed by atoms with Gasteiger partial charge in [0.05, 0.1) is 11.7 Å². The third-order valence-corrected chi connectivity index (χ3v) is 3.68. The van der Waals surface area contributed by atoms with Gasteiger partial charge in [-0.15, -0.1) is 0 Å². The van der Waals surface area contributed by atoms with Crippen molar-refractivity contribution in [2.75, 3.05) is 19.8 Å². The van der Waals surface area contributed by atoms with Crippen molar-refractivity contribution in [1.29, 1.82) is 5.26 Å². The maximum atomic E-state index is 11.8. The third kappa shape index (κ3) is 4.20. The van der Waals surface area contributed by atoms with Gasteiger partial charge in [-0.1, -0.05) is 19.1 Å². The zero-order valence-electron chi connectivity index (χ0n) is 12.2. The summed E-state index contributed by atoms with van der Waals surface area (Å²) in [6.45, 7) is 3.39. The number of carbonyl (C=O) groups is 1. The van der Waals surface area contributed by atoms with Crippen molar-refractivity contribution in [2.45, 2.75) is 25.9 Å². The number of ether oxygens (including phenoxy) is 2. The zero-order chi connectivity index (χ0) is 15.1. The molecule has 0 radical (unpaired) electrons. The summed E-state index contributed by atoms with van der Waals surface area (Å²) in [6, 6.07) is 8.92. The molecule has 1 aliphatic heterocycles. The predicted molar refractivity (Wildman–Crippen MR) is 77.8 cm³/mol. The molecule has 1 aliphatic rings. The van der Waals surface area contributed by atoms with Crippen molar-refractivity contribution in [1.82, 2.24) is 5.32 Å². The highest BCUT2D eigenvalue weighted by atomic mass is 16.5. The number of hydrogen-bond acceptors (Lipinski definition) is 4. The van der Waals surface area contributed by atoms with E-state index in [4.69, 9.17) is 14.7 Å². The number of nitrogens with zero attached hydrogens (tertiary/aromatic N) is 1. The van der Waals surface area contributed by atoms with Crippen LogP contribution >= 0.6 is 0 Å². The molecular weight excluding hydrogens is 268 g/mol. The lowest BCUT2D eigenvalue weighted by Gasteiger charge is -2.17. The normalized spacial score (nSPS) is 20.8. The van der Waals surface area contributed by atoms with Gasteiger partial charge in [0.25, 0.3) is 5.91 Å². The van der Waals surface area contributed by atoms with Crippen molar-refractivity contribution in [3.63, 3.8) is 0 Å². The number of rotatable bonds is 6. The molecule has 0 bridgehead atoms. The Hall–Kier alpha value is -2.06. The summed E-state index contributed by atoms with van der Waals surface area (Å²) in [5.41, 5.74) is 0.431. The first-order chi connectivity index (χ1) is 10.2. The number of para-hydroxylation sites is 1. The van der Waals surface area contributed by atoms with Crippen molar-refractivity contribution < 1.29 is 14.3 Å². The number of hydrogen-bond donors (Lipinski definition) is 1. The van der Waals surface area contributed by atoms with E-state index in [9.17, 15) is 4.79 Å². The predicted octanol–water partition coefficient (Wildman–Crippen LogP) is 1.87. The van der Waals surface area contributed by atoms with E-state index in [2.05, 4.69) is 12.2 Å². The first-order valence-corrected chi connectivity index (χ1v) is 7.24. The molecule has 0 spiro atoms. The second-order valence-corrected chi connectivity index (χ2v) is 5.07. The summed E-state index contributed by atoms with van der Waals surface area (Å²) >= 11 is 0. The van der Waals surface area contributed by atoms with Gasteiger partial charge in [0, 0.05) is 19.1 Å². The maximum Gasteiger partial charge on any atom is 0.257 e. The van der Waals surface area contributed by atoms with Crippen LogP contribution in [0.15, 0.2) is 24.3 Å². The molecule has 2 unspecified atom stereocenters. The van der Waals surface area contributed by atoms with E-state index in [1.807, 2.05) is 6.07 Å². The van der Waals surface area contributed by atoms with Crippen molar-refractivity contribution in [2.24, 2.45) is 5.92 Å². The van der Waals surface area contributed by atoms with E-state index in [1.54, 1.807) is 24.3 Å². The highest BCUT2D eigenvalue weighted by Gasteiger charge is 2.26. The maximum absolute atomic E-state index is 11.8. The summed E-state index contributed by atoms with van der Waals surface area (Å²) in [6.07, 6.45) is 2.19. The second kappa shape index (κ2) is 7.65. The number of nitrogens with one attached hydrogen (secondary N) is 1. The molecule has 0 saturated carbocycles. The van der Waals surface area contributed by atoms with E-state index in [0.29, 0.717) is 23.8 Å². The van der Waals surface area contributed by atoms with Gasteiger partial charge < -0.3 is 14.8 Å². The minimum absolute atomic E-state index is 0.0803. The molecule has 21 heavy (non-hydrogen) atoms. The van der Waals surface area contributed by atoms with Crippen molar-refractivity contribution in [3.05, 3.63) is 29.8 Å². The summed E-state index contributed by atoms with van der Waals surface area (Å²) in [5.74, 6) is 0.639. The van der Waals surface area contributed by atoms with Crippen molar-refractivity contribution in [3.8, 4) is 11.8 Å². The van der Waals surface area contributed by atoms with Gasteiger partial charge in [-0.2, -0.15) is 5.26 Å². The Morgan fingerprint density at radius 1 is 1.52 bits per heavy atom. The lowest BCUT2D eigenvalue weighted by Crippen LogP contribution is -2.35. The lowest BCUT2D eigenvalue weighted by molar-refractivity contribution is -0.123. The number of amides is 1. The summed E-state index contributed by atoms with van der Waals surface area (Å²) < 4.78 is 11.0. The van der Waals surface area contributed by atoms with Gasteiger partial charge >= 0.3 is 0 Å². The first kappa shape index (κ1) is 15.3. The highest BCUT2D eigenvalue weighted by Crippen LogP contribution is 2.22. The van der Waals surface area contributed by atoms with Gasteiger partial charge in [0.2, 0.25) is 0 Å². The third-order valence-electron chi connectivity index (χ3n) is 3.68. The molecule has 1 heterocycles. The van der Waals surface area contributed by atoms with Gasteiger partial charge in [-0.3, -0.25) is 4.79 Å². The largest absolute Gasteiger partial charge is 0.482 e. The summed E-state index contributed by atoms with van der Waals surface area (Å²) in [4.78, 5) is 11.8. The number of nitriles is 1. The first-order valence-electron chi connectivity index (χ1n) is 7.24. The molecule has 5 nitrogen and oxygen atoms in total. The van der Waals surface area contributed by atoms with Gasteiger partial charge in [-0.05, 0) is 25.0 Å². The van der Waals surface area contributed by atoms with E-state index in [1.165, 1.54) is 0 Å². The quantitative estimate of drug-likeness (QED) is 0.867. The molecule has 2 rings (SSSR count). The molecule has 1 amide bonds.